The highest BCUT2D eigenvalue weighted by atomic mass is 16.5. The van der Waals surface area contributed by atoms with Gasteiger partial charge < -0.3 is 10.1 Å². The summed E-state index contributed by atoms with van der Waals surface area (Å²) in [5, 5.41) is 3.49. The molecule has 2 aromatic rings. The van der Waals surface area contributed by atoms with Crippen molar-refractivity contribution in [2.45, 2.75) is 12.5 Å². The maximum absolute atomic E-state index is 5.29. The average molecular weight is 239 g/mol. The zero-order valence-electron chi connectivity index (χ0n) is 10.5. The molecule has 1 N–H and O–H groups in total. The Morgan fingerprint density at radius 2 is 1.94 bits per heavy atom. The molecule has 1 aliphatic heterocycles. The minimum absolute atomic E-state index is 0.445. The van der Waals surface area contributed by atoms with Gasteiger partial charge in [0.15, 0.2) is 0 Å². The maximum atomic E-state index is 5.29. The van der Waals surface area contributed by atoms with Crippen LogP contribution in [0.25, 0.3) is 0 Å². The first kappa shape index (κ1) is 11.3. The van der Waals surface area contributed by atoms with Crippen LogP contribution in [0.4, 0.5) is 0 Å². The largest absolute Gasteiger partial charge is 0.497 e. The van der Waals surface area contributed by atoms with Crippen LogP contribution in [0, 0.1) is 0 Å². The average Bonchev–Trinajstić information content (AvgIpc) is 2.47. The number of benzene rings is 2. The van der Waals surface area contributed by atoms with Crippen LogP contribution in [0.5, 0.6) is 5.75 Å². The third-order valence-corrected chi connectivity index (χ3v) is 3.59. The van der Waals surface area contributed by atoms with Crippen molar-refractivity contribution in [1.82, 2.24) is 5.32 Å². The highest BCUT2D eigenvalue weighted by molar-refractivity contribution is 5.44. The zero-order chi connectivity index (χ0) is 12.4. The van der Waals surface area contributed by atoms with Crippen LogP contribution in [-0.2, 0) is 6.54 Å². The molecule has 1 heterocycles. The fourth-order valence-electron chi connectivity index (χ4n) is 2.65. The lowest BCUT2D eigenvalue weighted by atomic mass is 9.85. The molecule has 1 atom stereocenters. The molecule has 0 radical (unpaired) electrons. The van der Waals surface area contributed by atoms with Gasteiger partial charge in [0, 0.05) is 19.0 Å². The molecule has 3 rings (SSSR count). The van der Waals surface area contributed by atoms with Gasteiger partial charge in [-0.3, -0.25) is 0 Å². The third-order valence-electron chi connectivity index (χ3n) is 3.59. The van der Waals surface area contributed by atoms with E-state index in [0.717, 1.165) is 18.8 Å². The summed E-state index contributed by atoms with van der Waals surface area (Å²) in [6.07, 6.45) is 0. The van der Waals surface area contributed by atoms with E-state index in [4.69, 9.17) is 4.74 Å². The smallest absolute Gasteiger partial charge is 0.119 e. The summed E-state index contributed by atoms with van der Waals surface area (Å²) in [6, 6.07) is 17.1. The predicted octanol–water partition coefficient (Wildman–Crippen LogP) is 2.93. The van der Waals surface area contributed by atoms with Crippen molar-refractivity contribution in [3.05, 3.63) is 65.2 Å². The summed E-state index contributed by atoms with van der Waals surface area (Å²) in [6.45, 7) is 1.93. The van der Waals surface area contributed by atoms with Gasteiger partial charge in [0.1, 0.15) is 5.75 Å². The van der Waals surface area contributed by atoms with E-state index in [2.05, 4.69) is 53.8 Å². The summed E-state index contributed by atoms with van der Waals surface area (Å²) in [7, 11) is 1.71. The lowest BCUT2D eigenvalue weighted by molar-refractivity contribution is 0.413. The highest BCUT2D eigenvalue weighted by Gasteiger charge is 2.21. The predicted molar refractivity (Wildman–Crippen MR) is 73.0 cm³/mol. The van der Waals surface area contributed by atoms with E-state index in [9.17, 15) is 0 Å². The summed E-state index contributed by atoms with van der Waals surface area (Å²) in [4.78, 5) is 0. The van der Waals surface area contributed by atoms with Crippen LogP contribution < -0.4 is 10.1 Å². The van der Waals surface area contributed by atoms with Crippen LogP contribution in [0.2, 0.25) is 0 Å². The molecule has 0 bridgehead atoms. The Hall–Kier alpha value is -1.80. The molecular formula is C16H17NO. The second kappa shape index (κ2) is 4.83. The molecular weight excluding hydrogens is 222 g/mol. The van der Waals surface area contributed by atoms with Crippen molar-refractivity contribution < 1.29 is 4.74 Å². The SMILES string of the molecule is COc1ccc2c(c1)CNC[C@@H]2c1ccccc1. The van der Waals surface area contributed by atoms with Gasteiger partial charge in [-0.2, -0.15) is 0 Å². The fraction of sp³-hybridized carbons (Fsp3) is 0.250. The Bertz CT molecular complexity index is 536. The number of rotatable bonds is 2. The molecule has 0 spiro atoms. The molecule has 0 aliphatic carbocycles. The van der Waals surface area contributed by atoms with Gasteiger partial charge in [0.05, 0.1) is 7.11 Å². The minimum atomic E-state index is 0.445. The second-order valence-corrected chi connectivity index (χ2v) is 4.66. The monoisotopic (exact) mass is 239 g/mol. The van der Waals surface area contributed by atoms with Gasteiger partial charge >= 0.3 is 0 Å². The molecule has 0 aromatic heterocycles. The summed E-state index contributed by atoms with van der Waals surface area (Å²) in [5.74, 6) is 1.38. The molecule has 2 nitrogen and oxygen atoms in total. The van der Waals surface area contributed by atoms with Crippen LogP contribution in [0.15, 0.2) is 48.5 Å². The summed E-state index contributed by atoms with van der Waals surface area (Å²) < 4.78 is 5.29. The highest BCUT2D eigenvalue weighted by Crippen LogP contribution is 2.31. The van der Waals surface area contributed by atoms with E-state index >= 15 is 0 Å². The van der Waals surface area contributed by atoms with Crippen molar-refractivity contribution in [2.24, 2.45) is 0 Å². The molecule has 2 aromatic carbocycles. The van der Waals surface area contributed by atoms with Crippen LogP contribution >= 0.6 is 0 Å². The number of fused-ring (bicyclic) bond motifs is 1. The number of nitrogens with one attached hydrogen (secondary N) is 1. The lowest BCUT2D eigenvalue weighted by Crippen LogP contribution is -2.28. The quantitative estimate of drug-likeness (QED) is 0.870. The van der Waals surface area contributed by atoms with Crippen LogP contribution in [0.3, 0.4) is 0 Å². The maximum Gasteiger partial charge on any atom is 0.119 e. The Morgan fingerprint density at radius 1 is 1.11 bits per heavy atom. The van der Waals surface area contributed by atoms with Crippen molar-refractivity contribution in [2.75, 3.05) is 13.7 Å². The van der Waals surface area contributed by atoms with Gasteiger partial charge in [-0.15, -0.1) is 0 Å². The Kier molecular flexibility index (Phi) is 3.03. The Labute approximate surface area is 108 Å². The number of hydrogen-bond donors (Lipinski definition) is 1. The van der Waals surface area contributed by atoms with Crippen molar-refractivity contribution in [3.63, 3.8) is 0 Å². The standard InChI is InChI=1S/C16H17NO/c1-18-14-7-8-15-13(9-14)10-17-11-16(15)12-5-3-2-4-6-12/h2-9,16-17H,10-11H2,1H3/t16-/m1/s1. The van der Waals surface area contributed by atoms with Crippen LogP contribution in [0.1, 0.15) is 22.6 Å². The van der Waals surface area contributed by atoms with E-state index in [1.807, 2.05) is 0 Å². The van der Waals surface area contributed by atoms with Crippen molar-refractivity contribution >= 4 is 0 Å². The Morgan fingerprint density at radius 3 is 2.72 bits per heavy atom. The molecule has 92 valence electrons. The second-order valence-electron chi connectivity index (χ2n) is 4.66. The van der Waals surface area contributed by atoms with Crippen LogP contribution in [-0.4, -0.2) is 13.7 Å². The first-order valence-corrected chi connectivity index (χ1v) is 6.31. The molecule has 2 heteroatoms. The Balaban J connectivity index is 2.02. The molecule has 0 saturated heterocycles. The van der Waals surface area contributed by atoms with E-state index in [1.54, 1.807) is 7.11 Å². The van der Waals surface area contributed by atoms with Crippen molar-refractivity contribution in [1.29, 1.82) is 0 Å². The van der Waals surface area contributed by atoms with Gasteiger partial charge in [0.25, 0.3) is 0 Å². The molecule has 1 aliphatic rings. The number of hydrogen-bond acceptors (Lipinski definition) is 2. The molecule has 0 fully saturated rings. The first-order chi connectivity index (χ1) is 8.88. The van der Waals surface area contributed by atoms with Gasteiger partial charge in [-0.05, 0) is 28.8 Å². The third kappa shape index (κ3) is 2.00. The molecule has 0 unspecified atom stereocenters. The van der Waals surface area contributed by atoms with Gasteiger partial charge in [0.2, 0.25) is 0 Å². The van der Waals surface area contributed by atoms with E-state index in [0.29, 0.717) is 5.92 Å². The molecule has 0 amide bonds. The van der Waals surface area contributed by atoms with Crippen molar-refractivity contribution in [3.8, 4) is 5.75 Å². The first-order valence-electron chi connectivity index (χ1n) is 6.31. The fourth-order valence-corrected chi connectivity index (χ4v) is 2.65. The van der Waals surface area contributed by atoms with Gasteiger partial charge in [-0.25, -0.2) is 0 Å². The minimum Gasteiger partial charge on any atom is -0.497 e. The lowest BCUT2D eigenvalue weighted by Gasteiger charge is -2.27. The zero-order valence-corrected chi connectivity index (χ0v) is 10.5. The number of ether oxygens (including phenoxy) is 1. The number of methoxy groups -OCH3 is 1. The molecule has 18 heavy (non-hydrogen) atoms. The van der Waals surface area contributed by atoms with E-state index in [1.165, 1.54) is 16.7 Å². The summed E-state index contributed by atoms with van der Waals surface area (Å²) >= 11 is 0. The summed E-state index contributed by atoms with van der Waals surface area (Å²) in [5.41, 5.74) is 4.13. The topological polar surface area (TPSA) is 21.3 Å². The van der Waals surface area contributed by atoms with E-state index < -0.39 is 0 Å². The van der Waals surface area contributed by atoms with Gasteiger partial charge in [-0.1, -0.05) is 36.4 Å². The van der Waals surface area contributed by atoms with E-state index in [-0.39, 0.29) is 0 Å². The molecule has 0 saturated carbocycles. The normalized spacial score (nSPS) is 18.2.